The number of benzene rings is 1. The van der Waals surface area contributed by atoms with Crippen molar-refractivity contribution in [3.05, 3.63) is 29.8 Å². The van der Waals surface area contributed by atoms with E-state index in [1.807, 2.05) is 12.1 Å². The minimum Gasteiger partial charge on any atom is -0.481 e. The zero-order valence-electron chi connectivity index (χ0n) is 12.4. The van der Waals surface area contributed by atoms with E-state index >= 15 is 0 Å². The SMILES string of the molecule is O=C(O)CC1CCCN(S(=O)(=O)c2ccc(C3CC3)cc2)C1. The van der Waals surface area contributed by atoms with Gasteiger partial charge in [-0.1, -0.05) is 12.1 Å². The van der Waals surface area contributed by atoms with Gasteiger partial charge in [0.1, 0.15) is 0 Å². The Balaban J connectivity index is 1.74. The molecule has 1 N–H and O–H groups in total. The second-order valence-corrected chi connectivity index (χ2v) is 8.25. The summed E-state index contributed by atoms with van der Waals surface area (Å²) in [4.78, 5) is 11.1. The predicted octanol–water partition coefficient (Wildman–Crippen LogP) is 2.44. The Bertz CT molecular complexity index is 649. The van der Waals surface area contributed by atoms with Crippen LogP contribution in [0.3, 0.4) is 0 Å². The van der Waals surface area contributed by atoms with Crippen LogP contribution in [0.5, 0.6) is 0 Å². The lowest BCUT2D eigenvalue weighted by Crippen LogP contribution is -2.40. The van der Waals surface area contributed by atoms with Crippen molar-refractivity contribution >= 4 is 16.0 Å². The summed E-state index contributed by atoms with van der Waals surface area (Å²) in [5.74, 6) is -0.350. The molecule has 1 aliphatic heterocycles. The lowest BCUT2D eigenvalue weighted by atomic mass is 9.96. The summed E-state index contributed by atoms with van der Waals surface area (Å²) >= 11 is 0. The summed E-state index contributed by atoms with van der Waals surface area (Å²) in [6, 6.07) is 7.18. The first-order valence-electron chi connectivity index (χ1n) is 7.79. The highest BCUT2D eigenvalue weighted by Crippen LogP contribution is 2.40. The van der Waals surface area contributed by atoms with Crippen LogP contribution in [0.25, 0.3) is 0 Å². The van der Waals surface area contributed by atoms with E-state index in [0.29, 0.717) is 23.9 Å². The molecule has 120 valence electrons. The van der Waals surface area contributed by atoms with Crippen molar-refractivity contribution < 1.29 is 18.3 Å². The van der Waals surface area contributed by atoms with Crippen molar-refractivity contribution in [2.24, 2.45) is 5.92 Å². The van der Waals surface area contributed by atoms with E-state index in [0.717, 1.165) is 12.8 Å². The zero-order chi connectivity index (χ0) is 15.7. The van der Waals surface area contributed by atoms with Gasteiger partial charge in [0.05, 0.1) is 4.90 Å². The topological polar surface area (TPSA) is 74.7 Å². The van der Waals surface area contributed by atoms with E-state index in [4.69, 9.17) is 5.11 Å². The molecule has 0 bridgehead atoms. The predicted molar refractivity (Wildman–Crippen MR) is 82.2 cm³/mol. The first kappa shape index (κ1) is 15.5. The molecule has 1 unspecified atom stereocenters. The van der Waals surface area contributed by atoms with Crippen LogP contribution in [-0.4, -0.2) is 36.9 Å². The number of sulfonamides is 1. The van der Waals surface area contributed by atoms with Gasteiger partial charge in [0.15, 0.2) is 0 Å². The minimum atomic E-state index is -3.51. The molecule has 5 nitrogen and oxygen atoms in total. The number of hydrogen-bond donors (Lipinski definition) is 1. The largest absolute Gasteiger partial charge is 0.481 e. The maximum Gasteiger partial charge on any atom is 0.303 e. The number of carbonyl (C=O) groups is 1. The van der Waals surface area contributed by atoms with Gasteiger partial charge in [-0.25, -0.2) is 8.42 Å². The number of aliphatic carboxylic acids is 1. The van der Waals surface area contributed by atoms with E-state index < -0.39 is 16.0 Å². The van der Waals surface area contributed by atoms with Crippen LogP contribution in [0.2, 0.25) is 0 Å². The molecule has 1 aromatic carbocycles. The number of nitrogens with zero attached hydrogens (tertiary/aromatic N) is 1. The van der Waals surface area contributed by atoms with E-state index in [1.165, 1.54) is 22.7 Å². The molecule has 1 heterocycles. The normalized spacial score (nSPS) is 23.4. The third-order valence-corrected chi connectivity index (χ3v) is 6.39. The maximum absolute atomic E-state index is 12.7. The van der Waals surface area contributed by atoms with Gasteiger partial charge < -0.3 is 5.11 Å². The highest BCUT2D eigenvalue weighted by Gasteiger charge is 2.31. The number of carboxylic acids is 1. The number of piperidine rings is 1. The molecule has 0 amide bonds. The molecule has 1 aliphatic carbocycles. The van der Waals surface area contributed by atoms with Gasteiger partial charge in [0.2, 0.25) is 10.0 Å². The molecule has 0 aromatic heterocycles. The van der Waals surface area contributed by atoms with Gasteiger partial charge in [0, 0.05) is 19.5 Å². The molecule has 1 saturated heterocycles. The average Bonchev–Trinajstić information content (AvgIpc) is 3.32. The summed E-state index contributed by atoms with van der Waals surface area (Å²) < 4.78 is 26.8. The molecule has 1 atom stereocenters. The van der Waals surface area contributed by atoms with Gasteiger partial charge in [-0.3, -0.25) is 4.79 Å². The molecule has 6 heteroatoms. The van der Waals surface area contributed by atoms with E-state index in [-0.39, 0.29) is 12.3 Å². The Hall–Kier alpha value is -1.40. The maximum atomic E-state index is 12.7. The van der Waals surface area contributed by atoms with Gasteiger partial charge in [-0.2, -0.15) is 4.31 Å². The number of carboxylic acid groups (broad SMARTS) is 1. The summed E-state index contributed by atoms with van der Waals surface area (Å²) in [6.07, 6.45) is 3.91. The van der Waals surface area contributed by atoms with Crippen molar-refractivity contribution in [1.29, 1.82) is 0 Å². The Kier molecular flexibility index (Phi) is 4.23. The van der Waals surface area contributed by atoms with Crippen molar-refractivity contribution in [1.82, 2.24) is 4.31 Å². The second kappa shape index (κ2) is 6.01. The first-order chi connectivity index (χ1) is 10.5. The molecule has 1 saturated carbocycles. The van der Waals surface area contributed by atoms with E-state index in [1.54, 1.807) is 12.1 Å². The summed E-state index contributed by atoms with van der Waals surface area (Å²) in [7, 11) is -3.51. The standard InChI is InChI=1S/C16H21NO4S/c18-16(19)10-12-2-1-9-17(11-12)22(20,21)15-7-5-14(6-8-15)13-3-4-13/h5-8,12-13H,1-4,9-11H2,(H,18,19). The molecule has 1 aromatic rings. The van der Waals surface area contributed by atoms with E-state index in [2.05, 4.69) is 0 Å². The summed E-state index contributed by atoms with van der Waals surface area (Å²) in [5, 5.41) is 8.89. The Morgan fingerprint density at radius 3 is 2.45 bits per heavy atom. The molecule has 3 rings (SSSR count). The lowest BCUT2D eigenvalue weighted by Gasteiger charge is -2.31. The van der Waals surface area contributed by atoms with Crippen LogP contribution < -0.4 is 0 Å². The van der Waals surface area contributed by atoms with Crippen LogP contribution in [0, 0.1) is 5.92 Å². The number of rotatable bonds is 5. The highest BCUT2D eigenvalue weighted by atomic mass is 32.2. The minimum absolute atomic E-state index is 0.0344. The van der Waals surface area contributed by atoms with Gasteiger partial charge >= 0.3 is 5.97 Å². The smallest absolute Gasteiger partial charge is 0.303 e. The van der Waals surface area contributed by atoms with Crippen molar-refractivity contribution in [3.8, 4) is 0 Å². The molecule has 0 radical (unpaired) electrons. The molecular weight excluding hydrogens is 302 g/mol. The van der Waals surface area contributed by atoms with Crippen molar-refractivity contribution in [2.75, 3.05) is 13.1 Å². The summed E-state index contributed by atoms with van der Waals surface area (Å²) in [6.45, 7) is 0.780. The fourth-order valence-corrected chi connectivity index (χ4v) is 4.69. The summed E-state index contributed by atoms with van der Waals surface area (Å²) in [5.41, 5.74) is 1.21. The zero-order valence-corrected chi connectivity index (χ0v) is 13.3. The van der Waals surface area contributed by atoms with E-state index in [9.17, 15) is 13.2 Å². The monoisotopic (exact) mass is 323 g/mol. The highest BCUT2D eigenvalue weighted by molar-refractivity contribution is 7.89. The lowest BCUT2D eigenvalue weighted by molar-refractivity contribution is -0.138. The number of hydrogen-bond acceptors (Lipinski definition) is 3. The van der Waals surface area contributed by atoms with Crippen LogP contribution in [0.4, 0.5) is 0 Å². The molecule has 22 heavy (non-hydrogen) atoms. The van der Waals surface area contributed by atoms with Crippen molar-refractivity contribution in [2.45, 2.75) is 42.9 Å². The van der Waals surface area contributed by atoms with Crippen LogP contribution in [0.15, 0.2) is 29.2 Å². The fourth-order valence-electron chi connectivity index (χ4n) is 3.14. The van der Waals surface area contributed by atoms with Crippen LogP contribution in [0.1, 0.15) is 43.6 Å². The molecular formula is C16H21NO4S. The fraction of sp³-hybridized carbons (Fsp3) is 0.562. The van der Waals surface area contributed by atoms with Gasteiger partial charge in [-0.05, 0) is 55.2 Å². The third kappa shape index (κ3) is 3.33. The second-order valence-electron chi connectivity index (χ2n) is 6.31. The third-order valence-electron chi connectivity index (χ3n) is 4.51. The van der Waals surface area contributed by atoms with Gasteiger partial charge in [0.25, 0.3) is 0 Å². The van der Waals surface area contributed by atoms with Crippen LogP contribution in [-0.2, 0) is 14.8 Å². The first-order valence-corrected chi connectivity index (χ1v) is 9.23. The Labute approximate surface area is 131 Å². The van der Waals surface area contributed by atoms with Crippen LogP contribution >= 0.6 is 0 Å². The van der Waals surface area contributed by atoms with Crippen molar-refractivity contribution in [3.63, 3.8) is 0 Å². The molecule has 2 fully saturated rings. The quantitative estimate of drug-likeness (QED) is 0.903. The Morgan fingerprint density at radius 1 is 1.18 bits per heavy atom. The Morgan fingerprint density at radius 2 is 1.86 bits per heavy atom. The molecule has 0 spiro atoms. The molecule has 2 aliphatic rings. The average molecular weight is 323 g/mol. The van der Waals surface area contributed by atoms with Gasteiger partial charge in [-0.15, -0.1) is 0 Å².